The summed E-state index contributed by atoms with van der Waals surface area (Å²) < 4.78 is 5.32. The van der Waals surface area contributed by atoms with Crippen LogP contribution in [-0.2, 0) is 4.79 Å². The van der Waals surface area contributed by atoms with Gasteiger partial charge in [-0.3, -0.25) is 19.9 Å². The molecule has 8 nitrogen and oxygen atoms in total. The van der Waals surface area contributed by atoms with Crippen LogP contribution in [0.2, 0.25) is 0 Å². The third-order valence-electron chi connectivity index (χ3n) is 3.81. The smallest absolute Gasteiger partial charge is 0.279 e. The molecule has 0 saturated carbocycles. The molecular weight excluding hydrogens is 326 g/mol. The number of hydrogen-bond donors (Lipinski definition) is 1. The van der Waals surface area contributed by atoms with Crippen molar-refractivity contribution in [1.82, 2.24) is 10.3 Å². The van der Waals surface area contributed by atoms with E-state index in [-0.39, 0.29) is 34.5 Å². The van der Waals surface area contributed by atoms with Crippen molar-refractivity contribution in [2.75, 3.05) is 0 Å². The fraction of sp³-hybridized carbons (Fsp3) is 0.176. The van der Waals surface area contributed by atoms with E-state index in [0.717, 1.165) is 0 Å². The lowest BCUT2D eigenvalue weighted by Gasteiger charge is -2.23. The maximum Gasteiger partial charge on any atom is 0.279 e. The average Bonchev–Trinajstić information content (AvgIpc) is 3.14. The Kier molecular flexibility index (Phi) is 4.34. The van der Waals surface area contributed by atoms with E-state index in [1.807, 2.05) is 0 Å². The molecule has 0 saturated heterocycles. The minimum atomic E-state index is -0.931. The number of amides is 1. The minimum absolute atomic E-state index is 0.0194. The molecule has 2 aromatic heterocycles. The highest BCUT2D eigenvalue weighted by Crippen LogP contribution is 2.38. The van der Waals surface area contributed by atoms with Gasteiger partial charge in [-0.1, -0.05) is 12.7 Å². The molecule has 0 fully saturated rings. The average molecular weight is 340 g/mol. The van der Waals surface area contributed by atoms with Crippen LogP contribution < -0.4 is 10.4 Å². The summed E-state index contributed by atoms with van der Waals surface area (Å²) >= 11 is 0. The number of carbonyl (C=O) groups is 1. The topological polar surface area (TPSA) is 121 Å². The lowest BCUT2D eigenvalue weighted by Crippen LogP contribution is -2.29. The Bertz CT molecular complexity index is 937. The fourth-order valence-electron chi connectivity index (χ4n) is 2.61. The first-order valence-corrected chi connectivity index (χ1v) is 7.58. The van der Waals surface area contributed by atoms with Gasteiger partial charge in [0.25, 0.3) is 5.69 Å². The summed E-state index contributed by atoms with van der Waals surface area (Å²) in [5.74, 6) is -0.493. The Morgan fingerprint density at radius 1 is 1.40 bits per heavy atom. The van der Waals surface area contributed by atoms with Gasteiger partial charge in [-0.15, -0.1) is 0 Å². The number of non-ortho nitro benzene ring substituents is 1. The molecule has 1 aromatic carbocycles. The van der Waals surface area contributed by atoms with Crippen molar-refractivity contribution in [1.29, 1.82) is 0 Å². The van der Waals surface area contributed by atoms with E-state index in [0.29, 0.717) is 5.76 Å². The normalized spacial score (nSPS) is 12.0. The highest BCUT2D eigenvalue weighted by molar-refractivity contribution is 5.93. The van der Waals surface area contributed by atoms with Crippen molar-refractivity contribution >= 4 is 22.5 Å². The summed E-state index contributed by atoms with van der Waals surface area (Å²) in [5, 5.41) is 27.1. The Hall–Kier alpha value is -3.42. The molecule has 25 heavy (non-hydrogen) atoms. The van der Waals surface area contributed by atoms with Gasteiger partial charge in [-0.2, -0.15) is 0 Å². The van der Waals surface area contributed by atoms with Crippen molar-refractivity contribution in [3.05, 3.63) is 64.2 Å². The zero-order chi connectivity index (χ0) is 18.0. The zero-order valence-corrected chi connectivity index (χ0v) is 13.3. The fourth-order valence-corrected chi connectivity index (χ4v) is 2.61. The SMILES string of the molecule is CCC(=O)N[C@@H](c1ccco1)c1cc([N+](=O)[O-])c2cccnc2c1[O-]. The monoisotopic (exact) mass is 340 g/mol. The van der Waals surface area contributed by atoms with E-state index in [9.17, 15) is 20.0 Å². The van der Waals surface area contributed by atoms with Crippen molar-refractivity contribution < 1.29 is 19.2 Å². The molecule has 128 valence electrons. The number of carbonyl (C=O) groups excluding carboxylic acids is 1. The van der Waals surface area contributed by atoms with Crippen LogP contribution in [0.5, 0.6) is 5.75 Å². The standard InChI is InChI=1S/C17H15N3O5/c1-2-14(21)19-15(13-6-4-8-25-13)11-9-12(20(23)24)10-5-3-7-18-16(10)17(11)22/h3-9,15,22H,2H2,1H3,(H,19,21)/p-1/t15-/m1/s1. The summed E-state index contributed by atoms with van der Waals surface area (Å²) in [6.07, 6.45) is 2.99. The first-order valence-electron chi connectivity index (χ1n) is 7.58. The maximum absolute atomic E-state index is 12.8. The molecule has 1 atom stereocenters. The van der Waals surface area contributed by atoms with Gasteiger partial charge in [-0.25, -0.2) is 0 Å². The summed E-state index contributed by atoms with van der Waals surface area (Å²) in [4.78, 5) is 26.7. The van der Waals surface area contributed by atoms with Gasteiger partial charge in [-0.05, 0) is 29.8 Å². The molecule has 0 aliphatic carbocycles. The second kappa shape index (κ2) is 6.60. The maximum atomic E-state index is 12.8. The van der Waals surface area contributed by atoms with E-state index in [1.165, 1.54) is 30.7 Å². The van der Waals surface area contributed by atoms with Crippen LogP contribution >= 0.6 is 0 Å². The van der Waals surface area contributed by atoms with E-state index in [2.05, 4.69) is 10.3 Å². The highest BCUT2D eigenvalue weighted by atomic mass is 16.6. The molecule has 2 heterocycles. The number of hydrogen-bond acceptors (Lipinski definition) is 6. The van der Waals surface area contributed by atoms with Crippen LogP contribution in [0.15, 0.2) is 47.2 Å². The molecule has 3 aromatic rings. The number of nitro groups is 1. The second-order valence-electron chi connectivity index (χ2n) is 5.34. The number of benzene rings is 1. The number of pyridine rings is 1. The van der Waals surface area contributed by atoms with Gasteiger partial charge < -0.3 is 14.8 Å². The van der Waals surface area contributed by atoms with Crippen LogP contribution in [0.3, 0.4) is 0 Å². The second-order valence-corrected chi connectivity index (χ2v) is 5.34. The molecule has 0 bridgehead atoms. The summed E-state index contributed by atoms with van der Waals surface area (Å²) in [5.41, 5.74) is -0.233. The molecule has 8 heteroatoms. The Morgan fingerprint density at radius 2 is 2.20 bits per heavy atom. The van der Waals surface area contributed by atoms with Crippen molar-refractivity contribution in [3.8, 4) is 5.75 Å². The Balaban J connectivity index is 2.25. The number of nitrogens with one attached hydrogen (secondary N) is 1. The molecule has 1 amide bonds. The molecule has 0 spiro atoms. The Morgan fingerprint density at radius 3 is 2.84 bits per heavy atom. The molecule has 0 aliphatic heterocycles. The van der Waals surface area contributed by atoms with Gasteiger partial charge in [0.1, 0.15) is 11.8 Å². The van der Waals surface area contributed by atoms with Crippen LogP contribution in [0.1, 0.15) is 30.7 Å². The molecule has 3 rings (SSSR count). The summed E-state index contributed by atoms with van der Waals surface area (Å²) in [6, 6.07) is 6.44. The van der Waals surface area contributed by atoms with Gasteiger partial charge in [0.2, 0.25) is 5.91 Å². The molecular formula is C17H14N3O5-. The summed E-state index contributed by atoms with van der Waals surface area (Å²) in [6.45, 7) is 1.66. The number of aromatic nitrogens is 1. The number of nitrogens with zero attached hydrogens (tertiary/aromatic N) is 2. The highest BCUT2D eigenvalue weighted by Gasteiger charge is 2.24. The predicted octanol–water partition coefficient (Wildman–Crippen LogP) is 2.43. The third-order valence-corrected chi connectivity index (χ3v) is 3.81. The van der Waals surface area contributed by atoms with E-state index < -0.39 is 16.7 Å². The van der Waals surface area contributed by atoms with E-state index in [4.69, 9.17) is 4.42 Å². The lowest BCUT2D eigenvalue weighted by molar-refractivity contribution is -0.383. The van der Waals surface area contributed by atoms with Crippen molar-refractivity contribution in [2.45, 2.75) is 19.4 Å². The Labute approximate surface area is 142 Å². The molecule has 0 radical (unpaired) electrons. The van der Waals surface area contributed by atoms with Crippen molar-refractivity contribution in [3.63, 3.8) is 0 Å². The van der Waals surface area contributed by atoms with E-state index >= 15 is 0 Å². The number of fused-ring (bicyclic) bond motifs is 1. The quantitative estimate of drug-likeness (QED) is 0.562. The van der Waals surface area contributed by atoms with Crippen molar-refractivity contribution in [2.24, 2.45) is 0 Å². The minimum Gasteiger partial charge on any atom is -0.871 e. The van der Waals surface area contributed by atoms with Gasteiger partial charge >= 0.3 is 0 Å². The van der Waals surface area contributed by atoms with Crippen LogP contribution in [0.4, 0.5) is 5.69 Å². The number of nitro benzene ring substituents is 1. The molecule has 1 N–H and O–H groups in total. The van der Waals surface area contributed by atoms with E-state index in [1.54, 1.807) is 19.1 Å². The third kappa shape index (κ3) is 3.01. The number of rotatable bonds is 5. The first kappa shape index (κ1) is 16.4. The zero-order valence-electron chi connectivity index (χ0n) is 13.3. The molecule has 0 unspecified atom stereocenters. The summed E-state index contributed by atoms with van der Waals surface area (Å²) in [7, 11) is 0. The molecule has 0 aliphatic rings. The largest absolute Gasteiger partial charge is 0.871 e. The van der Waals surface area contributed by atoms with Crippen LogP contribution in [-0.4, -0.2) is 15.8 Å². The van der Waals surface area contributed by atoms with Crippen LogP contribution in [0.25, 0.3) is 10.9 Å². The lowest BCUT2D eigenvalue weighted by atomic mass is 9.99. The van der Waals surface area contributed by atoms with Gasteiger partial charge in [0.05, 0.1) is 22.1 Å². The van der Waals surface area contributed by atoms with Crippen LogP contribution in [0, 0.1) is 10.1 Å². The predicted molar refractivity (Wildman–Crippen MR) is 86.8 cm³/mol. The van der Waals surface area contributed by atoms with Gasteiger partial charge in [0, 0.05) is 18.7 Å². The number of furan rings is 1. The first-order chi connectivity index (χ1) is 12.0. The van der Waals surface area contributed by atoms with Gasteiger partial charge in [0.15, 0.2) is 0 Å².